The molecular formula is C21H24ClNO4. The summed E-state index contributed by atoms with van der Waals surface area (Å²) in [6.07, 6.45) is 1.26. The number of hydrogen-bond acceptors (Lipinski definition) is 4. The summed E-state index contributed by atoms with van der Waals surface area (Å²) in [4.78, 5) is 13.6. The fourth-order valence-corrected chi connectivity index (χ4v) is 3.95. The van der Waals surface area contributed by atoms with E-state index in [2.05, 4.69) is 4.90 Å². The first-order chi connectivity index (χ1) is 13.0. The molecule has 1 unspecified atom stereocenters. The topological polar surface area (TPSA) is 59.0 Å². The largest absolute Gasteiger partial charge is 0.493 e. The zero-order valence-electron chi connectivity index (χ0n) is 15.5. The fraction of sp³-hybridized carbons (Fsp3) is 0.381. The minimum Gasteiger partial charge on any atom is -0.493 e. The Balaban J connectivity index is 1.99. The van der Waals surface area contributed by atoms with Gasteiger partial charge in [0.05, 0.1) is 26.2 Å². The van der Waals surface area contributed by atoms with Crippen molar-refractivity contribution < 1.29 is 19.4 Å². The van der Waals surface area contributed by atoms with Gasteiger partial charge in [-0.25, -0.2) is 0 Å². The molecule has 6 heteroatoms. The molecule has 1 aliphatic heterocycles. The minimum atomic E-state index is -0.713. The Morgan fingerprint density at radius 2 is 1.78 bits per heavy atom. The van der Waals surface area contributed by atoms with Gasteiger partial charge in [0.25, 0.3) is 0 Å². The van der Waals surface area contributed by atoms with Crippen LogP contribution in [0.3, 0.4) is 0 Å². The van der Waals surface area contributed by atoms with Gasteiger partial charge in [0.1, 0.15) is 0 Å². The molecule has 2 aromatic carbocycles. The predicted octanol–water partition coefficient (Wildman–Crippen LogP) is 4.24. The van der Waals surface area contributed by atoms with Crippen LogP contribution in [0.15, 0.2) is 42.5 Å². The summed E-state index contributed by atoms with van der Waals surface area (Å²) in [5, 5.41) is 9.99. The summed E-state index contributed by atoms with van der Waals surface area (Å²) >= 11 is 6.52. The van der Waals surface area contributed by atoms with Gasteiger partial charge in [-0.15, -0.1) is 0 Å². The zero-order valence-corrected chi connectivity index (χ0v) is 16.3. The Hall–Kier alpha value is -2.24. The number of methoxy groups -OCH3 is 2. The van der Waals surface area contributed by atoms with E-state index in [0.29, 0.717) is 42.5 Å². The number of piperidine rings is 1. The Morgan fingerprint density at radius 3 is 2.37 bits per heavy atom. The molecule has 27 heavy (non-hydrogen) atoms. The van der Waals surface area contributed by atoms with Gasteiger partial charge in [-0.2, -0.15) is 0 Å². The Labute approximate surface area is 164 Å². The predicted molar refractivity (Wildman–Crippen MR) is 105 cm³/mol. The number of benzene rings is 2. The van der Waals surface area contributed by atoms with Gasteiger partial charge >= 0.3 is 5.97 Å². The van der Waals surface area contributed by atoms with Crippen molar-refractivity contribution in [3.8, 4) is 11.5 Å². The highest BCUT2D eigenvalue weighted by molar-refractivity contribution is 6.31. The Morgan fingerprint density at radius 1 is 1.11 bits per heavy atom. The van der Waals surface area contributed by atoms with Crippen LogP contribution >= 0.6 is 11.6 Å². The van der Waals surface area contributed by atoms with Crippen molar-refractivity contribution in [2.45, 2.75) is 18.9 Å². The number of carboxylic acids is 1. The number of halogens is 1. The van der Waals surface area contributed by atoms with Crippen LogP contribution in [0.1, 0.15) is 30.0 Å². The molecular weight excluding hydrogens is 366 g/mol. The highest BCUT2D eigenvalue weighted by Crippen LogP contribution is 2.39. The highest BCUT2D eigenvalue weighted by Gasteiger charge is 2.31. The number of carboxylic acid groups (broad SMARTS) is 1. The molecule has 1 atom stereocenters. The van der Waals surface area contributed by atoms with Crippen LogP contribution in [0.2, 0.25) is 5.02 Å². The van der Waals surface area contributed by atoms with Crippen molar-refractivity contribution in [3.05, 3.63) is 58.6 Å². The van der Waals surface area contributed by atoms with Crippen LogP contribution in [-0.4, -0.2) is 43.3 Å². The van der Waals surface area contributed by atoms with E-state index in [-0.39, 0.29) is 12.0 Å². The molecule has 0 aliphatic carbocycles. The van der Waals surface area contributed by atoms with Crippen molar-refractivity contribution in [1.82, 2.24) is 4.90 Å². The van der Waals surface area contributed by atoms with E-state index in [0.717, 1.165) is 11.1 Å². The van der Waals surface area contributed by atoms with Gasteiger partial charge in [-0.05, 0) is 55.3 Å². The van der Waals surface area contributed by atoms with Gasteiger partial charge < -0.3 is 14.6 Å². The SMILES string of the molecule is COc1ccc(C(c2ccccc2Cl)N2CCC(C(=O)O)CC2)cc1OC. The van der Waals surface area contributed by atoms with Crippen LogP contribution in [0.25, 0.3) is 0 Å². The normalized spacial score (nSPS) is 16.7. The Kier molecular flexibility index (Phi) is 6.24. The maximum atomic E-state index is 11.3. The van der Waals surface area contributed by atoms with E-state index in [1.807, 2.05) is 42.5 Å². The quantitative estimate of drug-likeness (QED) is 0.800. The molecule has 0 bridgehead atoms. The second-order valence-corrected chi connectivity index (χ2v) is 7.09. The number of likely N-dealkylation sites (tertiary alicyclic amines) is 1. The summed E-state index contributed by atoms with van der Waals surface area (Å²) in [5.41, 5.74) is 2.04. The van der Waals surface area contributed by atoms with E-state index in [4.69, 9.17) is 21.1 Å². The summed E-state index contributed by atoms with van der Waals surface area (Å²) in [5.74, 6) is 0.338. The number of carbonyl (C=O) groups is 1. The first kappa shape index (κ1) is 19.5. The Bertz CT molecular complexity index is 803. The third-order valence-electron chi connectivity index (χ3n) is 5.17. The summed E-state index contributed by atoms with van der Waals surface area (Å²) in [7, 11) is 3.23. The summed E-state index contributed by atoms with van der Waals surface area (Å²) < 4.78 is 10.8. The monoisotopic (exact) mass is 389 g/mol. The molecule has 0 radical (unpaired) electrons. The maximum Gasteiger partial charge on any atom is 0.306 e. The lowest BCUT2D eigenvalue weighted by Crippen LogP contribution is -2.39. The summed E-state index contributed by atoms with van der Waals surface area (Å²) in [6, 6.07) is 13.6. The highest BCUT2D eigenvalue weighted by atomic mass is 35.5. The van der Waals surface area contributed by atoms with E-state index in [1.54, 1.807) is 14.2 Å². The first-order valence-electron chi connectivity index (χ1n) is 8.98. The van der Waals surface area contributed by atoms with Gasteiger partial charge in [-0.3, -0.25) is 9.69 Å². The van der Waals surface area contributed by atoms with Gasteiger partial charge in [-0.1, -0.05) is 35.9 Å². The minimum absolute atomic E-state index is 0.0757. The molecule has 0 spiro atoms. The third-order valence-corrected chi connectivity index (χ3v) is 5.51. The molecule has 1 aliphatic rings. The molecule has 144 valence electrons. The number of ether oxygens (including phenoxy) is 2. The first-order valence-corrected chi connectivity index (χ1v) is 9.36. The van der Waals surface area contributed by atoms with Crippen LogP contribution in [0, 0.1) is 5.92 Å². The number of nitrogens with zero attached hydrogens (tertiary/aromatic N) is 1. The third kappa shape index (κ3) is 4.20. The van der Waals surface area contributed by atoms with Crippen molar-refractivity contribution in [3.63, 3.8) is 0 Å². The molecule has 2 aromatic rings. The molecule has 0 aromatic heterocycles. The van der Waals surface area contributed by atoms with Gasteiger partial charge in [0, 0.05) is 5.02 Å². The van der Waals surface area contributed by atoms with Crippen LogP contribution in [-0.2, 0) is 4.79 Å². The van der Waals surface area contributed by atoms with Gasteiger partial charge in [0.2, 0.25) is 0 Å². The van der Waals surface area contributed by atoms with Crippen LogP contribution in [0.4, 0.5) is 0 Å². The summed E-state index contributed by atoms with van der Waals surface area (Å²) in [6.45, 7) is 1.39. The lowest BCUT2D eigenvalue weighted by Gasteiger charge is -2.37. The smallest absolute Gasteiger partial charge is 0.306 e. The number of aliphatic carboxylic acids is 1. The molecule has 1 N–H and O–H groups in total. The second kappa shape index (κ2) is 8.63. The zero-order chi connectivity index (χ0) is 19.4. The number of rotatable bonds is 6. The molecule has 0 amide bonds. The average molecular weight is 390 g/mol. The van der Waals surface area contributed by atoms with Crippen molar-refractivity contribution >= 4 is 17.6 Å². The van der Waals surface area contributed by atoms with Crippen molar-refractivity contribution in [1.29, 1.82) is 0 Å². The average Bonchev–Trinajstić information content (AvgIpc) is 2.70. The van der Waals surface area contributed by atoms with Crippen LogP contribution in [0.5, 0.6) is 11.5 Å². The molecule has 0 saturated carbocycles. The maximum absolute atomic E-state index is 11.3. The lowest BCUT2D eigenvalue weighted by atomic mass is 9.91. The molecule has 5 nitrogen and oxygen atoms in total. The molecule has 3 rings (SSSR count). The van der Waals surface area contributed by atoms with Crippen LogP contribution < -0.4 is 9.47 Å². The lowest BCUT2D eigenvalue weighted by molar-refractivity contribution is -0.143. The number of hydrogen-bond donors (Lipinski definition) is 1. The van der Waals surface area contributed by atoms with Gasteiger partial charge in [0.15, 0.2) is 11.5 Å². The van der Waals surface area contributed by atoms with Crippen molar-refractivity contribution in [2.24, 2.45) is 5.92 Å². The standard InChI is InChI=1S/C21H24ClNO4/c1-26-18-8-7-15(13-19(18)27-2)20(16-5-3-4-6-17(16)22)23-11-9-14(10-12-23)21(24)25/h3-8,13-14,20H,9-12H2,1-2H3,(H,24,25). The molecule has 1 saturated heterocycles. The second-order valence-electron chi connectivity index (χ2n) is 6.69. The van der Waals surface area contributed by atoms with E-state index < -0.39 is 5.97 Å². The fourth-order valence-electron chi connectivity index (χ4n) is 3.71. The van der Waals surface area contributed by atoms with E-state index >= 15 is 0 Å². The van der Waals surface area contributed by atoms with Crippen molar-refractivity contribution in [2.75, 3.05) is 27.3 Å². The van der Waals surface area contributed by atoms with E-state index in [1.165, 1.54) is 0 Å². The molecule has 1 fully saturated rings. The molecule has 1 heterocycles. The van der Waals surface area contributed by atoms with E-state index in [9.17, 15) is 9.90 Å².